The van der Waals surface area contributed by atoms with Gasteiger partial charge in [0, 0.05) is 30.5 Å². The second-order valence-corrected chi connectivity index (χ2v) is 7.39. The Kier molecular flexibility index (Phi) is 5.28. The van der Waals surface area contributed by atoms with Crippen molar-refractivity contribution in [3.8, 4) is 0 Å². The molecular weight excluding hydrogens is 348 g/mol. The molecule has 2 aliphatic heterocycles. The molecular formula is C20H20N2OS2. The van der Waals surface area contributed by atoms with Gasteiger partial charge in [-0.2, -0.15) is 0 Å². The fourth-order valence-corrected chi connectivity index (χ4v) is 4.19. The molecule has 1 aromatic rings. The summed E-state index contributed by atoms with van der Waals surface area (Å²) in [6.45, 7) is 7.63. The lowest BCUT2D eigenvalue weighted by atomic mass is 9.96. The lowest BCUT2D eigenvalue weighted by molar-refractivity contribution is -0.122. The van der Waals surface area contributed by atoms with Crippen LogP contribution in [0.25, 0.3) is 5.57 Å². The highest BCUT2D eigenvalue weighted by Gasteiger charge is 2.30. The van der Waals surface area contributed by atoms with E-state index in [0.717, 1.165) is 17.7 Å². The standard InChI is InChI=1S/C20H20N2OS2/c1-4-21-13-12-15(16-8-6-7-9-17(16)21)14(3)10-11-18-19(23)22(5-2)20(24)25-18/h6-10,12-13H,4-5H2,1-3H3/b15-14+. The molecule has 1 saturated heterocycles. The zero-order chi connectivity index (χ0) is 18.0. The molecule has 0 radical (unpaired) electrons. The van der Waals surface area contributed by atoms with Crippen molar-refractivity contribution >= 4 is 45.5 Å². The van der Waals surface area contributed by atoms with Gasteiger partial charge in [-0.3, -0.25) is 9.69 Å². The molecule has 0 N–H and O–H groups in total. The molecule has 1 fully saturated rings. The second kappa shape index (κ2) is 7.44. The largest absolute Gasteiger partial charge is 0.348 e. The van der Waals surface area contributed by atoms with E-state index in [0.29, 0.717) is 15.8 Å². The lowest BCUT2D eigenvalue weighted by Gasteiger charge is -2.27. The number of anilines is 1. The monoisotopic (exact) mass is 368 g/mol. The Morgan fingerprint density at radius 2 is 2.04 bits per heavy atom. The Balaban J connectivity index is 2.00. The molecule has 2 heterocycles. The molecule has 0 saturated carbocycles. The van der Waals surface area contributed by atoms with Gasteiger partial charge in [0.2, 0.25) is 0 Å². The molecule has 2 aliphatic rings. The number of allylic oxidation sites excluding steroid dienone is 3. The maximum atomic E-state index is 12.3. The summed E-state index contributed by atoms with van der Waals surface area (Å²) in [6.07, 6.45) is 6.11. The molecule has 128 valence electrons. The van der Waals surface area contributed by atoms with Crippen LogP contribution in [0.5, 0.6) is 0 Å². The van der Waals surface area contributed by atoms with Crippen molar-refractivity contribution in [2.75, 3.05) is 18.0 Å². The molecule has 0 atom stereocenters. The number of carbonyl (C=O) groups excluding carboxylic acids is 1. The summed E-state index contributed by atoms with van der Waals surface area (Å²) in [7, 11) is 0. The van der Waals surface area contributed by atoms with E-state index in [1.54, 1.807) is 4.90 Å². The summed E-state index contributed by atoms with van der Waals surface area (Å²) in [4.78, 5) is 16.7. The Labute approximate surface area is 158 Å². The number of benzene rings is 1. The first-order valence-electron chi connectivity index (χ1n) is 8.32. The minimum Gasteiger partial charge on any atom is -0.348 e. The van der Waals surface area contributed by atoms with Gasteiger partial charge < -0.3 is 4.90 Å². The molecule has 5 heteroatoms. The SMILES string of the molecule is CCN1C(=O)C(=C=C/C(C)=C2\C=CN(CC)c3ccccc32)SC1=S. The molecule has 1 amide bonds. The summed E-state index contributed by atoms with van der Waals surface area (Å²) in [5, 5.41) is 0. The van der Waals surface area contributed by atoms with Crippen molar-refractivity contribution in [2.24, 2.45) is 0 Å². The predicted octanol–water partition coefficient (Wildman–Crippen LogP) is 4.73. The molecule has 3 nitrogen and oxygen atoms in total. The van der Waals surface area contributed by atoms with Gasteiger partial charge in [-0.15, -0.1) is 0 Å². The van der Waals surface area contributed by atoms with Crippen LogP contribution in [-0.2, 0) is 4.79 Å². The third-order valence-electron chi connectivity index (χ3n) is 4.28. The normalized spacial score (nSPS) is 18.4. The summed E-state index contributed by atoms with van der Waals surface area (Å²) in [6, 6.07) is 8.37. The lowest BCUT2D eigenvalue weighted by Crippen LogP contribution is -2.27. The zero-order valence-corrected chi connectivity index (χ0v) is 16.2. The number of para-hydroxylation sites is 1. The van der Waals surface area contributed by atoms with Crippen molar-refractivity contribution in [1.82, 2.24) is 4.90 Å². The Bertz CT molecular complexity index is 860. The van der Waals surface area contributed by atoms with Crippen molar-refractivity contribution in [1.29, 1.82) is 0 Å². The summed E-state index contributed by atoms with van der Waals surface area (Å²) in [5.74, 6) is -0.0525. The van der Waals surface area contributed by atoms with Crippen LogP contribution >= 0.6 is 24.0 Å². The number of hydrogen-bond acceptors (Lipinski definition) is 4. The van der Waals surface area contributed by atoms with E-state index >= 15 is 0 Å². The third kappa shape index (κ3) is 3.36. The van der Waals surface area contributed by atoms with E-state index in [4.69, 9.17) is 12.2 Å². The van der Waals surface area contributed by atoms with E-state index in [1.165, 1.54) is 23.0 Å². The van der Waals surface area contributed by atoms with Crippen LogP contribution in [0.15, 0.2) is 58.8 Å². The molecule has 0 spiro atoms. The van der Waals surface area contributed by atoms with E-state index in [2.05, 4.69) is 54.1 Å². The minimum absolute atomic E-state index is 0.0525. The van der Waals surface area contributed by atoms with Gasteiger partial charge in [-0.05, 0) is 61.9 Å². The number of hydrogen-bond donors (Lipinski definition) is 0. The Hall–Kier alpha value is -2.07. The minimum atomic E-state index is -0.0525. The molecule has 3 rings (SSSR count). The second-order valence-electron chi connectivity index (χ2n) is 5.75. The van der Waals surface area contributed by atoms with Gasteiger partial charge >= 0.3 is 0 Å². The molecule has 25 heavy (non-hydrogen) atoms. The van der Waals surface area contributed by atoms with Crippen LogP contribution in [0.1, 0.15) is 26.3 Å². The maximum Gasteiger partial charge on any atom is 0.274 e. The Morgan fingerprint density at radius 3 is 2.72 bits per heavy atom. The number of amides is 1. The van der Waals surface area contributed by atoms with Crippen LogP contribution in [0, 0.1) is 0 Å². The van der Waals surface area contributed by atoms with Gasteiger partial charge in [0.1, 0.15) is 9.23 Å². The van der Waals surface area contributed by atoms with Crippen LogP contribution in [0.4, 0.5) is 5.69 Å². The van der Waals surface area contributed by atoms with Crippen molar-refractivity contribution in [3.05, 3.63) is 64.4 Å². The number of likely N-dealkylation sites (N-methyl/N-ethyl adjacent to an activating group) is 1. The third-order valence-corrected chi connectivity index (χ3v) is 5.64. The number of carbonyl (C=O) groups is 1. The van der Waals surface area contributed by atoms with Crippen molar-refractivity contribution < 1.29 is 4.79 Å². The van der Waals surface area contributed by atoms with E-state index < -0.39 is 0 Å². The highest BCUT2D eigenvalue weighted by atomic mass is 32.2. The predicted molar refractivity (Wildman–Crippen MR) is 110 cm³/mol. The zero-order valence-electron chi connectivity index (χ0n) is 14.6. The van der Waals surface area contributed by atoms with Gasteiger partial charge in [0.15, 0.2) is 0 Å². The van der Waals surface area contributed by atoms with Crippen molar-refractivity contribution in [3.63, 3.8) is 0 Å². The van der Waals surface area contributed by atoms with Crippen molar-refractivity contribution in [2.45, 2.75) is 20.8 Å². The van der Waals surface area contributed by atoms with E-state index in [1.807, 2.05) is 19.9 Å². The summed E-state index contributed by atoms with van der Waals surface area (Å²) >= 11 is 6.56. The first-order valence-corrected chi connectivity index (χ1v) is 9.54. The number of fused-ring (bicyclic) bond motifs is 1. The number of rotatable bonds is 3. The smallest absolute Gasteiger partial charge is 0.274 e. The first-order chi connectivity index (χ1) is 12.1. The first kappa shape index (κ1) is 17.7. The number of thiocarbonyl (C=S) groups is 1. The summed E-state index contributed by atoms with van der Waals surface area (Å²) in [5.41, 5.74) is 7.77. The fraction of sp³-hybridized carbons (Fsp3) is 0.250. The summed E-state index contributed by atoms with van der Waals surface area (Å²) < 4.78 is 0.607. The maximum absolute atomic E-state index is 12.3. The average Bonchev–Trinajstić information content (AvgIpc) is 2.91. The number of thioether (sulfide) groups is 1. The van der Waals surface area contributed by atoms with Gasteiger partial charge in [-0.1, -0.05) is 36.1 Å². The Morgan fingerprint density at radius 1 is 1.28 bits per heavy atom. The molecule has 0 aliphatic carbocycles. The van der Waals surface area contributed by atoms with Gasteiger partial charge in [-0.25, -0.2) is 0 Å². The molecule has 0 unspecified atom stereocenters. The molecule has 0 bridgehead atoms. The van der Waals surface area contributed by atoms with Gasteiger partial charge in [0.25, 0.3) is 5.91 Å². The van der Waals surface area contributed by atoms with Crippen LogP contribution in [0.2, 0.25) is 0 Å². The topological polar surface area (TPSA) is 23.6 Å². The highest BCUT2D eigenvalue weighted by molar-refractivity contribution is 8.26. The van der Waals surface area contributed by atoms with Crippen LogP contribution < -0.4 is 4.90 Å². The van der Waals surface area contributed by atoms with E-state index in [-0.39, 0.29) is 5.91 Å². The molecule has 1 aromatic carbocycles. The highest BCUT2D eigenvalue weighted by Crippen LogP contribution is 2.35. The van der Waals surface area contributed by atoms with Gasteiger partial charge in [0.05, 0.1) is 0 Å². The average molecular weight is 369 g/mol. The van der Waals surface area contributed by atoms with Crippen LogP contribution in [0.3, 0.4) is 0 Å². The van der Waals surface area contributed by atoms with E-state index in [9.17, 15) is 4.79 Å². The number of nitrogens with zero attached hydrogens (tertiary/aromatic N) is 2. The fourth-order valence-electron chi connectivity index (χ4n) is 2.91. The van der Waals surface area contributed by atoms with Crippen LogP contribution in [-0.4, -0.2) is 28.2 Å². The molecule has 0 aromatic heterocycles. The quantitative estimate of drug-likeness (QED) is 0.437.